The van der Waals surface area contributed by atoms with E-state index in [4.69, 9.17) is 0 Å². The van der Waals surface area contributed by atoms with Crippen LogP contribution in [0.15, 0.2) is 30.3 Å². The van der Waals surface area contributed by atoms with E-state index in [1.54, 1.807) is 0 Å². The van der Waals surface area contributed by atoms with Crippen LogP contribution in [0, 0.1) is 6.92 Å². The standard InChI is InChI=1S/C15H20N2/c1-4-5-14(16-3)12-8-9-15-13(10-12)7-6-11(2)17-15/h6-10,14,16H,4-5H2,1-3H3. The number of benzene rings is 1. The van der Waals surface area contributed by atoms with Crippen molar-refractivity contribution in [1.29, 1.82) is 0 Å². The molecule has 1 aromatic carbocycles. The monoisotopic (exact) mass is 228 g/mol. The summed E-state index contributed by atoms with van der Waals surface area (Å²) >= 11 is 0. The van der Waals surface area contributed by atoms with E-state index in [-0.39, 0.29) is 0 Å². The molecule has 2 nitrogen and oxygen atoms in total. The summed E-state index contributed by atoms with van der Waals surface area (Å²) in [6, 6.07) is 11.2. The molecular formula is C15H20N2. The maximum atomic E-state index is 4.53. The number of hydrogen-bond donors (Lipinski definition) is 1. The van der Waals surface area contributed by atoms with E-state index in [9.17, 15) is 0 Å². The number of rotatable bonds is 4. The fourth-order valence-electron chi connectivity index (χ4n) is 2.23. The molecule has 0 aliphatic rings. The Morgan fingerprint density at radius 1 is 1.24 bits per heavy atom. The van der Waals surface area contributed by atoms with Crippen molar-refractivity contribution < 1.29 is 0 Å². The maximum Gasteiger partial charge on any atom is 0.0705 e. The highest BCUT2D eigenvalue weighted by Crippen LogP contribution is 2.22. The van der Waals surface area contributed by atoms with Crippen LogP contribution in [0.25, 0.3) is 10.9 Å². The summed E-state index contributed by atoms with van der Waals surface area (Å²) in [5.41, 5.74) is 3.51. The highest BCUT2D eigenvalue weighted by molar-refractivity contribution is 5.79. The highest BCUT2D eigenvalue weighted by Gasteiger charge is 2.08. The lowest BCUT2D eigenvalue weighted by atomic mass is 10.0. The van der Waals surface area contributed by atoms with Crippen molar-refractivity contribution in [2.75, 3.05) is 7.05 Å². The smallest absolute Gasteiger partial charge is 0.0705 e. The molecule has 17 heavy (non-hydrogen) atoms. The van der Waals surface area contributed by atoms with Crippen molar-refractivity contribution in [3.05, 3.63) is 41.6 Å². The molecule has 0 aliphatic heterocycles. The zero-order chi connectivity index (χ0) is 12.3. The van der Waals surface area contributed by atoms with Crippen LogP contribution in [-0.2, 0) is 0 Å². The zero-order valence-electron chi connectivity index (χ0n) is 10.8. The van der Waals surface area contributed by atoms with Crippen LogP contribution in [0.4, 0.5) is 0 Å². The van der Waals surface area contributed by atoms with E-state index in [1.165, 1.54) is 23.8 Å². The number of fused-ring (bicyclic) bond motifs is 1. The Bertz CT molecular complexity index is 505. The second-order valence-corrected chi connectivity index (χ2v) is 4.53. The van der Waals surface area contributed by atoms with Gasteiger partial charge in [-0.2, -0.15) is 0 Å². The summed E-state index contributed by atoms with van der Waals surface area (Å²) in [5.74, 6) is 0. The first-order valence-corrected chi connectivity index (χ1v) is 6.29. The average Bonchev–Trinajstić information content (AvgIpc) is 2.35. The molecule has 2 aromatic rings. The SMILES string of the molecule is CCCC(NC)c1ccc2nc(C)ccc2c1. The quantitative estimate of drug-likeness (QED) is 0.864. The summed E-state index contributed by atoms with van der Waals surface area (Å²) in [6.45, 7) is 4.25. The molecule has 0 spiro atoms. The number of nitrogens with zero attached hydrogens (tertiary/aromatic N) is 1. The van der Waals surface area contributed by atoms with Gasteiger partial charge < -0.3 is 5.32 Å². The Hall–Kier alpha value is -1.41. The minimum Gasteiger partial charge on any atom is -0.313 e. The molecule has 0 bridgehead atoms. The minimum atomic E-state index is 0.450. The molecule has 0 amide bonds. The third-order valence-corrected chi connectivity index (χ3v) is 3.18. The molecule has 0 saturated heterocycles. The van der Waals surface area contributed by atoms with E-state index in [2.05, 4.69) is 47.6 Å². The molecule has 0 saturated carbocycles. The summed E-state index contributed by atoms with van der Waals surface area (Å²) < 4.78 is 0. The van der Waals surface area contributed by atoms with Gasteiger partial charge in [0.05, 0.1) is 5.52 Å². The van der Waals surface area contributed by atoms with Crippen LogP contribution in [0.2, 0.25) is 0 Å². The minimum absolute atomic E-state index is 0.450. The molecule has 1 N–H and O–H groups in total. The molecule has 1 atom stereocenters. The summed E-state index contributed by atoms with van der Waals surface area (Å²) in [6.07, 6.45) is 2.36. The third kappa shape index (κ3) is 2.64. The molecule has 1 aromatic heterocycles. The van der Waals surface area contributed by atoms with E-state index in [0.29, 0.717) is 6.04 Å². The molecule has 0 fully saturated rings. The Balaban J connectivity index is 2.40. The van der Waals surface area contributed by atoms with Gasteiger partial charge in [0.15, 0.2) is 0 Å². The Kier molecular flexibility index (Phi) is 3.75. The van der Waals surface area contributed by atoms with E-state index in [0.717, 1.165) is 11.2 Å². The molecule has 2 rings (SSSR count). The van der Waals surface area contributed by atoms with Crippen LogP contribution in [-0.4, -0.2) is 12.0 Å². The van der Waals surface area contributed by atoms with E-state index < -0.39 is 0 Å². The van der Waals surface area contributed by atoms with Crippen molar-refractivity contribution in [2.24, 2.45) is 0 Å². The number of hydrogen-bond acceptors (Lipinski definition) is 2. The number of aryl methyl sites for hydroxylation is 1. The molecule has 2 heteroatoms. The van der Waals surface area contributed by atoms with Crippen LogP contribution in [0.1, 0.15) is 37.1 Å². The molecule has 90 valence electrons. The van der Waals surface area contributed by atoms with Crippen molar-refractivity contribution in [3.8, 4) is 0 Å². The maximum absolute atomic E-state index is 4.53. The molecular weight excluding hydrogens is 208 g/mol. The number of pyridine rings is 1. The molecule has 0 aliphatic carbocycles. The zero-order valence-corrected chi connectivity index (χ0v) is 10.8. The summed E-state index contributed by atoms with van der Waals surface area (Å²) in [7, 11) is 2.03. The largest absolute Gasteiger partial charge is 0.313 e. The fraction of sp³-hybridized carbons (Fsp3) is 0.400. The predicted molar refractivity (Wildman–Crippen MR) is 73.2 cm³/mol. The summed E-state index contributed by atoms with van der Waals surface area (Å²) in [5, 5.41) is 4.60. The lowest BCUT2D eigenvalue weighted by Gasteiger charge is -2.16. The normalized spacial score (nSPS) is 12.9. The van der Waals surface area contributed by atoms with Gasteiger partial charge in [0, 0.05) is 17.1 Å². The van der Waals surface area contributed by atoms with Gasteiger partial charge in [-0.1, -0.05) is 25.5 Å². The number of aromatic nitrogens is 1. The lowest BCUT2D eigenvalue weighted by Crippen LogP contribution is -2.15. The van der Waals surface area contributed by atoms with Crippen LogP contribution < -0.4 is 5.32 Å². The topological polar surface area (TPSA) is 24.9 Å². The lowest BCUT2D eigenvalue weighted by molar-refractivity contribution is 0.542. The highest BCUT2D eigenvalue weighted by atomic mass is 14.9. The van der Waals surface area contributed by atoms with Gasteiger partial charge in [-0.3, -0.25) is 4.98 Å². The summed E-state index contributed by atoms with van der Waals surface area (Å²) in [4.78, 5) is 4.53. The Morgan fingerprint density at radius 3 is 2.76 bits per heavy atom. The first-order chi connectivity index (χ1) is 8.24. The van der Waals surface area contributed by atoms with E-state index >= 15 is 0 Å². The Labute approximate surface area is 103 Å². The van der Waals surface area contributed by atoms with E-state index in [1.807, 2.05) is 14.0 Å². The van der Waals surface area contributed by atoms with Crippen molar-refractivity contribution in [3.63, 3.8) is 0 Å². The van der Waals surface area contributed by atoms with Crippen molar-refractivity contribution >= 4 is 10.9 Å². The van der Waals surface area contributed by atoms with Gasteiger partial charge in [-0.25, -0.2) is 0 Å². The second-order valence-electron chi connectivity index (χ2n) is 4.53. The first-order valence-electron chi connectivity index (χ1n) is 6.29. The van der Waals surface area contributed by atoms with Gasteiger partial charge in [-0.05, 0) is 44.2 Å². The third-order valence-electron chi connectivity index (χ3n) is 3.18. The molecule has 1 unspecified atom stereocenters. The van der Waals surface area contributed by atoms with Crippen LogP contribution in [0.5, 0.6) is 0 Å². The fourth-order valence-corrected chi connectivity index (χ4v) is 2.23. The second kappa shape index (κ2) is 5.28. The first kappa shape index (κ1) is 12.1. The van der Waals surface area contributed by atoms with Gasteiger partial charge in [0.25, 0.3) is 0 Å². The molecule has 0 radical (unpaired) electrons. The Morgan fingerprint density at radius 2 is 2.06 bits per heavy atom. The van der Waals surface area contributed by atoms with Gasteiger partial charge in [0.1, 0.15) is 0 Å². The van der Waals surface area contributed by atoms with Gasteiger partial charge in [0.2, 0.25) is 0 Å². The predicted octanol–water partition coefficient (Wildman–Crippen LogP) is 3.60. The van der Waals surface area contributed by atoms with Crippen LogP contribution in [0.3, 0.4) is 0 Å². The number of nitrogens with one attached hydrogen (secondary N) is 1. The van der Waals surface area contributed by atoms with Gasteiger partial charge in [-0.15, -0.1) is 0 Å². The molecule has 1 heterocycles. The average molecular weight is 228 g/mol. The van der Waals surface area contributed by atoms with Crippen molar-refractivity contribution in [2.45, 2.75) is 32.7 Å². The van der Waals surface area contributed by atoms with Gasteiger partial charge >= 0.3 is 0 Å². The van der Waals surface area contributed by atoms with Crippen molar-refractivity contribution in [1.82, 2.24) is 10.3 Å². The van der Waals surface area contributed by atoms with Crippen LogP contribution >= 0.6 is 0 Å².